The van der Waals surface area contributed by atoms with Crippen molar-refractivity contribution in [1.82, 2.24) is 10.2 Å². The maximum Gasteiger partial charge on any atom is 0.344 e. The largest absolute Gasteiger partial charge is 0.429 e. The Morgan fingerprint density at radius 2 is 2.05 bits per heavy atom. The standard InChI is InChI=1S/C11H14F2N2O7/c12-9(13)5-3(1-14-15-5)10(20)22-11-8(19)7(18)6(17)4(2-16)21-11/h1,4,6-9,11,16-19H,2H2,(H,14,15)/t4-,6-,7+,8-,11+/m1/s1. The number of rotatable bonds is 4. The van der Waals surface area contributed by atoms with Crippen molar-refractivity contribution in [1.29, 1.82) is 0 Å². The van der Waals surface area contributed by atoms with E-state index < -0.39 is 61.0 Å². The van der Waals surface area contributed by atoms with Gasteiger partial charge in [-0.25, -0.2) is 13.6 Å². The number of nitrogens with zero attached hydrogens (tertiary/aromatic N) is 1. The van der Waals surface area contributed by atoms with Gasteiger partial charge >= 0.3 is 5.97 Å². The monoisotopic (exact) mass is 324 g/mol. The number of alkyl halides is 2. The van der Waals surface area contributed by atoms with E-state index in [0.717, 1.165) is 6.20 Å². The summed E-state index contributed by atoms with van der Waals surface area (Å²) in [6, 6.07) is 0. The summed E-state index contributed by atoms with van der Waals surface area (Å²) in [6.07, 6.45) is -10.4. The molecule has 22 heavy (non-hydrogen) atoms. The molecule has 0 saturated carbocycles. The predicted molar refractivity (Wildman–Crippen MR) is 62.7 cm³/mol. The summed E-state index contributed by atoms with van der Waals surface area (Å²) in [6.45, 7) is -0.715. The maximum absolute atomic E-state index is 12.6. The molecule has 11 heteroatoms. The molecule has 0 amide bonds. The van der Waals surface area contributed by atoms with Crippen LogP contribution in [0.15, 0.2) is 6.20 Å². The number of nitrogens with one attached hydrogen (secondary N) is 1. The average molecular weight is 324 g/mol. The van der Waals surface area contributed by atoms with Crippen LogP contribution in [0.1, 0.15) is 22.5 Å². The van der Waals surface area contributed by atoms with E-state index in [2.05, 4.69) is 5.10 Å². The highest BCUT2D eigenvalue weighted by Gasteiger charge is 2.45. The van der Waals surface area contributed by atoms with Gasteiger partial charge in [-0.2, -0.15) is 5.10 Å². The number of halogens is 2. The molecule has 5 atom stereocenters. The predicted octanol–water partition coefficient (Wildman–Crippen LogP) is -1.70. The van der Waals surface area contributed by atoms with Crippen LogP contribution in [0.4, 0.5) is 8.78 Å². The summed E-state index contributed by atoms with van der Waals surface area (Å²) in [7, 11) is 0. The summed E-state index contributed by atoms with van der Waals surface area (Å²) in [5.74, 6) is -1.27. The van der Waals surface area contributed by atoms with Crippen LogP contribution in [-0.4, -0.2) is 73.9 Å². The van der Waals surface area contributed by atoms with Crippen LogP contribution in [0.3, 0.4) is 0 Å². The number of aliphatic hydroxyl groups excluding tert-OH is 4. The number of ether oxygens (including phenoxy) is 2. The number of carbonyl (C=O) groups excluding carboxylic acids is 1. The Kier molecular flexibility index (Phi) is 5.03. The number of H-pyrrole nitrogens is 1. The molecule has 0 bridgehead atoms. The van der Waals surface area contributed by atoms with Crippen molar-refractivity contribution >= 4 is 5.97 Å². The van der Waals surface area contributed by atoms with E-state index in [1.165, 1.54) is 0 Å². The molecule has 1 saturated heterocycles. The SMILES string of the molecule is O=C(O[C@@H]1O[C@H](CO)[C@@H](O)[C@H](O)[C@H]1O)c1cn[nH]c1C(F)F. The summed E-state index contributed by atoms with van der Waals surface area (Å²) >= 11 is 0. The van der Waals surface area contributed by atoms with Crippen molar-refractivity contribution < 1.29 is 43.5 Å². The van der Waals surface area contributed by atoms with Gasteiger partial charge in [-0.1, -0.05) is 0 Å². The summed E-state index contributed by atoms with van der Waals surface area (Å²) in [5, 5.41) is 43.0. The molecule has 0 spiro atoms. The van der Waals surface area contributed by atoms with E-state index in [9.17, 15) is 28.9 Å². The van der Waals surface area contributed by atoms with E-state index in [0.29, 0.717) is 0 Å². The molecular formula is C11H14F2N2O7. The summed E-state index contributed by atoms with van der Waals surface area (Å²) < 4.78 is 34.9. The third-order valence-corrected chi connectivity index (χ3v) is 3.18. The van der Waals surface area contributed by atoms with Crippen LogP contribution in [0.2, 0.25) is 0 Å². The first-order valence-electron chi connectivity index (χ1n) is 6.19. The Hall–Kier alpha value is -1.66. The fourth-order valence-electron chi connectivity index (χ4n) is 1.96. The smallest absolute Gasteiger partial charge is 0.344 e. The minimum Gasteiger partial charge on any atom is -0.429 e. The molecule has 124 valence electrons. The molecule has 1 aliphatic rings. The molecular weight excluding hydrogens is 310 g/mol. The fourth-order valence-corrected chi connectivity index (χ4v) is 1.96. The number of aliphatic hydroxyl groups is 4. The Bertz CT molecular complexity index is 524. The lowest BCUT2D eigenvalue weighted by Gasteiger charge is -2.39. The Balaban J connectivity index is 2.12. The zero-order chi connectivity index (χ0) is 16.4. The Morgan fingerprint density at radius 3 is 2.64 bits per heavy atom. The van der Waals surface area contributed by atoms with Gasteiger partial charge in [-0.3, -0.25) is 5.10 Å². The van der Waals surface area contributed by atoms with Gasteiger partial charge in [0, 0.05) is 0 Å². The molecule has 1 aromatic heterocycles. The van der Waals surface area contributed by atoms with Crippen LogP contribution >= 0.6 is 0 Å². The second kappa shape index (κ2) is 6.62. The van der Waals surface area contributed by atoms with Gasteiger partial charge in [0.25, 0.3) is 6.43 Å². The first-order valence-corrected chi connectivity index (χ1v) is 6.19. The Morgan fingerprint density at radius 1 is 1.36 bits per heavy atom. The molecule has 5 N–H and O–H groups in total. The minimum absolute atomic E-state index is 0.563. The lowest BCUT2D eigenvalue weighted by atomic mass is 9.99. The van der Waals surface area contributed by atoms with Crippen molar-refractivity contribution in [3.8, 4) is 0 Å². The van der Waals surface area contributed by atoms with Gasteiger partial charge in [0.15, 0.2) is 0 Å². The number of hydrogen-bond donors (Lipinski definition) is 5. The van der Waals surface area contributed by atoms with Gasteiger partial charge in [0.1, 0.15) is 35.7 Å². The molecule has 0 aromatic carbocycles. The van der Waals surface area contributed by atoms with Crippen LogP contribution in [-0.2, 0) is 9.47 Å². The number of aromatic nitrogens is 2. The van der Waals surface area contributed by atoms with E-state index in [-0.39, 0.29) is 0 Å². The third kappa shape index (κ3) is 3.08. The van der Waals surface area contributed by atoms with Gasteiger partial charge in [0.2, 0.25) is 6.29 Å². The zero-order valence-electron chi connectivity index (χ0n) is 11.0. The Labute approximate surface area is 122 Å². The summed E-state index contributed by atoms with van der Waals surface area (Å²) in [5.41, 5.74) is -1.33. The lowest BCUT2D eigenvalue weighted by Crippen LogP contribution is -2.59. The third-order valence-electron chi connectivity index (χ3n) is 3.18. The van der Waals surface area contributed by atoms with Gasteiger partial charge in [0.05, 0.1) is 12.8 Å². The fraction of sp³-hybridized carbons (Fsp3) is 0.636. The molecule has 0 radical (unpaired) electrons. The van der Waals surface area contributed by atoms with Crippen LogP contribution in [0, 0.1) is 0 Å². The second-order valence-electron chi connectivity index (χ2n) is 4.60. The van der Waals surface area contributed by atoms with Crippen molar-refractivity contribution in [2.45, 2.75) is 37.1 Å². The molecule has 0 aliphatic carbocycles. The van der Waals surface area contributed by atoms with Gasteiger partial charge in [-0.15, -0.1) is 0 Å². The van der Waals surface area contributed by atoms with E-state index >= 15 is 0 Å². The van der Waals surface area contributed by atoms with Gasteiger partial charge < -0.3 is 29.9 Å². The molecule has 1 fully saturated rings. The highest BCUT2D eigenvalue weighted by molar-refractivity contribution is 5.90. The highest BCUT2D eigenvalue weighted by Crippen LogP contribution is 2.25. The van der Waals surface area contributed by atoms with Crippen molar-refractivity contribution in [3.63, 3.8) is 0 Å². The average Bonchev–Trinajstić information content (AvgIpc) is 2.97. The number of hydrogen-bond acceptors (Lipinski definition) is 8. The second-order valence-corrected chi connectivity index (χ2v) is 4.60. The number of carbonyl (C=O) groups is 1. The maximum atomic E-state index is 12.6. The van der Waals surface area contributed by atoms with Crippen molar-refractivity contribution in [2.24, 2.45) is 0 Å². The molecule has 2 rings (SSSR count). The summed E-state index contributed by atoms with van der Waals surface area (Å²) in [4.78, 5) is 11.8. The number of aromatic amines is 1. The van der Waals surface area contributed by atoms with E-state index in [4.69, 9.17) is 14.6 Å². The first-order chi connectivity index (χ1) is 10.4. The lowest BCUT2D eigenvalue weighted by molar-refractivity contribution is -0.285. The molecule has 0 unspecified atom stereocenters. The highest BCUT2D eigenvalue weighted by atomic mass is 19.3. The van der Waals surface area contributed by atoms with Crippen LogP contribution in [0.5, 0.6) is 0 Å². The van der Waals surface area contributed by atoms with E-state index in [1.807, 2.05) is 5.10 Å². The topological polar surface area (TPSA) is 145 Å². The molecule has 1 aliphatic heterocycles. The zero-order valence-corrected chi connectivity index (χ0v) is 11.0. The first kappa shape index (κ1) is 16.7. The minimum atomic E-state index is -3.00. The normalized spacial score (nSPS) is 32.2. The van der Waals surface area contributed by atoms with E-state index in [1.54, 1.807) is 0 Å². The number of esters is 1. The van der Waals surface area contributed by atoms with Gasteiger partial charge in [-0.05, 0) is 0 Å². The van der Waals surface area contributed by atoms with Crippen molar-refractivity contribution in [3.05, 3.63) is 17.5 Å². The van der Waals surface area contributed by atoms with Crippen molar-refractivity contribution in [2.75, 3.05) is 6.61 Å². The van der Waals surface area contributed by atoms with Crippen LogP contribution < -0.4 is 0 Å². The van der Waals surface area contributed by atoms with Crippen LogP contribution in [0.25, 0.3) is 0 Å². The molecule has 2 heterocycles. The molecule has 1 aromatic rings. The molecule has 9 nitrogen and oxygen atoms in total. The quantitative estimate of drug-likeness (QED) is 0.412.